The molecule has 1 aromatic carbocycles. The highest BCUT2D eigenvalue weighted by Gasteiger charge is 2.37. The highest BCUT2D eigenvalue weighted by molar-refractivity contribution is 6.35. The number of carbonyl (C=O) groups excluding carboxylic acids is 2. The first-order valence-corrected chi connectivity index (χ1v) is 7.67. The molecule has 0 aliphatic carbocycles. The molecule has 0 atom stereocenters. The second-order valence-corrected chi connectivity index (χ2v) is 5.45. The summed E-state index contributed by atoms with van der Waals surface area (Å²) in [4.78, 5) is 35.0. The molecule has 3 aromatic rings. The Morgan fingerprint density at radius 3 is 2.42 bits per heavy atom. The third-order valence-corrected chi connectivity index (χ3v) is 3.99. The molecule has 0 unspecified atom stereocenters. The van der Waals surface area contributed by atoms with Crippen LogP contribution in [0.3, 0.4) is 0 Å². The van der Waals surface area contributed by atoms with Crippen LogP contribution in [0.15, 0.2) is 48.8 Å². The smallest absolute Gasteiger partial charge is 0.267 e. The Morgan fingerprint density at radius 2 is 1.75 bits per heavy atom. The second kappa shape index (κ2) is 5.42. The van der Waals surface area contributed by atoms with Crippen molar-refractivity contribution in [2.24, 2.45) is 0 Å². The molecular weight excluding hydrogens is 304 g/mol. The summed E-state index contributed by atoms with van der Waals surface area (Å²) >= 11 is 0. The zero-order valence-corrected chi connectivity index (χ0v) is 13.0. The van der Waals surface area contributed by atoms with Gasteiger partial charge in [0.15, 0.2) is 5.82 Å². The lowest BCUT2D eigenvalue weighted by molar-refractivity contribution is 0.0925. The molecule has 0 bridgehead atoms. The number of hydrogen-bond acceptors (Lipinski definition) is 5. The number of amides is 2. The van der Waals surface area contributed by atoms with Crippen molar-refractivity contribution in [2.45, 2.75) is 6.92 Å². The predicted molar refractivity (Wildman–Crippen MR) is 91.3 cm³/mol. The van der Waals surface area contributed by atoms with E-state index in [0.29, 0.717) is 22.3 Å². The molecule has 3 heterocycles. The molecule has 4 rings (SSSR count). The van der Waals surface area contributed by atoms with E-state index in [1.165, 1.54) is 0 Å². The lowest BCUT2D eigenvalue weighted by Crippen LogP contribution is -2.30. The molecule has 6 nitrogen and oxygen atoms in total. The molecule has 118 valence electrons. The first kappa shape index (κ1) is 14.3. The summed E-state index contributed by atoms with van der Waals surface area (Å²) in [7, 11) is 0. The maximum absolute atomic E-state index is 12.7. The quantitative estimate of drug-likeness (QED) is 0.752. The minimum atomic E-state index is -0.355. The van der Waals surface area contributed by atoms with Crippen molar-refractivity contribution < 1.29 is 9.59 Å². The Hall–Kier alpha value is -3.28. The predicted octanol–water partition coefficient (Wildman–Crippen LogP) is 2.86. The van der Waals surface area contributed by atoms with Gasteiger partial charge in [-0.3, -0.25) is 9.59 Å². The van der Waals surface area contributed by atoms with Crippen molar-refractivity contribution in [3.8, 4) is 0 Å². The van der Waals surface area contributed by atoms with Gasteiger partial charge in [0.25, 0.3) is 11.8 Å². The van der Waals surface area contributed by atoms with Gasteiger partial charge in [-0.05, 0) is 36.6 Å². The monoisotopic (exact) mass is 318 g/mol. The van der Waals surface area contributed by atoms with Gasteiger partial charge in [0, 0.05) is 24.3 Å². The lowest BCUT2D eigenvalue weighted by Gasteiger charge is -2.15. The number of anilines is 2. The van der Waals surface area contributed by atoms with Crippen molar-refractivity contribution >= 4 is 34.2 Å². The van der Waals surface area contributed by atoms with E-state index < -0.39 is 0 Å². The van der Waals surface area contributed by atoms with E-state index in [2.05, 4.69) is 15.3 Å². The summed E-state index contributed by atoms with van der Waals surface area (Å²) < 4.78 is 0. The third kappa shape index (κ3) is 2.04. The minimum absolute atomic E-state index is 0.314. The number of rotatable bonds is 3. The van der Waals surface area contributed by atoms with Gasteiger partial charge in [0.05, 0.1) is 11.1 Å². The highest BCUT2D eigenvalue weighted by Crippen LogP contribution is 2.32. The van der Waals surface area contributed by atoms with Crippen LogP contribution >= 0.6 is 0 Å². The molecule has 1 aliphatic rings. The number of nitrogens with one attached hydrogen (secondary N) is 1. The average molecular weight is 318 g/mol. The molecule has 0 fully saturated rings. The van der Waals surface area contributed by atoms with Crippen LogP contribution < -0.4 is 10.2 Å². The molecule has 1 N–H and O–H groups in total. The van der Waals surface area contributed by atoms with Gasteiger partial charge in [-0.25, -0.2) is 14.9 Å². The Balaban J connectivity index is 1.86. The molecule has 0 saturated heterocycles. The Morgan fingerprint density at radius 1 is 1.04 bits per heavy atom. The van der Waals surface area contributed by atoms with Gasteiger partial charge >= 0.3 is 0 Å². The normalized spacial score (nSPS) is 13.5. The number of pyridine rings is 2. The van der Waals surface area contributed by atoms with Gasteiger partial charge in [0.2, 0.25) is 0 Å². The van der Waals surface area contributed by atoms with E-state index in [9.17, 15) is 9.59 Å². The van der Waals surface area contributed by atoms with Crippen molar-refractivity contribution in [3.05, 3.63) is 59.9 Å². The number of nitrogens with zero attached hydrogens (tertiary/aromatic N) is 3. The van der Waals surface area contributed by atoms with Gasteiger partial charge in [-0.2, -0.15) is 0 Å². The molecule has 0 spiro atoms. The van der Waals surface area contributed by atoms with Crippen molar-refractivity contribution in [2.75, 3.05) is 16.8 Å². The Bertz CT molecular complexity index is 949. The van der Waals surface area contributed by atoms with E-state index in [1.54, 1.807) is 36.7 Å². The minimum Gasteiger partial charge on any atom is -0.370 e. The third-order valence-electron chi connectivity index (χ3n) is 3.99. The number of hydrogen-bond donors (Lipinski definition) is 1. The number of benzene rings is 1. The fraction of sp³-hybridized carbons (Fsp3) is 0.111. The van der Waals surface area contributed by atoms with Crippen molar-refractivity contribution in [1.29, 1.82) is 0 Å². The summed E-state index contributed by atoms with van der Waals surface area (Å²) in [6.07, 6.45) is 3.23. The Labute approximate surface area is 138 Å². The van der Waals surface area contributed by atoms with Crippen molar-refractivity contribution in [3.63, 3.8) is 0 Å². The van der Waals surface area contributed by atoms with Crippen LogP contribution in [-0.4, -0.2) is 28.3 Å². The van der Waals surface area contributed by atoms with Gasteiger partial charge in [-0.1, -0.05) is 12.1 Å². The molecule has 2 amide bonds. The average Bonchev–Trinajstić information content (AvgIpc) is 2.86. The standard InChI is InChI=1S/C18H14N4O2/c1-2-19-15-9-11-7-8-20-16(14(11)10-21-15)22-17(23)12-5-3-4-6-13(12)18(22)24/h3-10H,2H2,1H3,(H,19,21). The number of carbonyl (C=O) groups is 2. The van der Waals surface area contributed by atoms with Gasteiger partial charge in [0.1, 0.15) is 5.82 Å². The van der Waals surface area contributed by atoms with Crippen LogP contribution in [0.25, 0.3) is 10.8 Å². The van der Waals surface area contributed by atoms with Crippen LogP contribution in [0.1, 0.15) is 27.6 Å². The first-order valence-electron chi connectivity index (χ1n) is 7.67. The lowest BCUT2D eigenvalue weighted by atomic mass is 10.1. The molecule has 0 radical (unpaired) electrons. The second-order valence-electron chi connectivity index (χ2n) is 5.45. The molecular formula is C18H14N4O2. The van der Waals surface area contributed by atoms with E-state index >= 15 is 0 Å². The van der Waals surface area contributed by atoms with Crippen LogP contribution in [0, 0.1) is 0 Å². The van der Waals surface area contributed by atoms with E-state index in [-0.39, 0.29) is 11.8 Å². The summed E-state index contributed by atoms with van der Waals surface area (Å²) in [5.74, 6) is 0.344. The van der Waals surface area contributed by atoms with Crippen LogP contribution in [0.2, 0.25) is 0 Å². The molecule has 0 saturated carbocycles. The largest absolute Gasteiger partial charge is 0.370 e. The fourth-order valence-corrected chi connectivity index (χ4v) is 2.89. The maximum Gasteiger partial charge on any atom is 0.267 e. The van der Waals surface area contributed by atoms with Gasteiger partial charge < -0.3 is 5.32 Å². The van der Waals surface area contributed by atoms with E-state index in [4.69, 9.17) is 0 Å². The highest BCUT2D eigenvalue weighted by atomic mass is 16.2. The molecule has 6 heteroatoms. The van der Waals surface area contributed by atoms with Crippen LogP contribution in [0.5, 0.6) is 0 Å². The summed E-state index contributed by atoms with van der Waals surface area (Å²) in [5, 5.41) is 4.67. The fourth-order valence-electron chi connectivity index (χ4n) is 2.89. The molecule has 24 heavy (non-hydrogen) atoms. The number of aromatic nitrogens is 2. The number of imide groups is 1. The van der Waals surface area contributed by atoms with Crippen molar-refractivity contribution in [1.82, 2.24) is 9.97 Å². The van der Waals surface area contributed by atoms with E-state index in [0.717, 1.165) is 22.6 Å². The summed E-state index contributed by atoms with van der Waals surface area (Å²) in [6.45, 7) is 2.75. The first-order chi connectivity index (χ1) is 11.7. The summed E-state index contributed by atoms with van der Waals surface area (Å²) in [6, 6.07) is 10.5. The van der Waals surface area contributed by atoms with E-state index in [1.807, 2.05) is 19.1 Å². The zero-order valence-electron chi connectivity index (χ0n) is 13.0. The molecule has 1 aliphatic heterocycles. The maximum atomic E-state index is 12.7. The number of fused-ring (bicyclic) bond motifs is 2. The SMILES string of the molecule is CCNc1cc2ccnc(N3C(=O)c4ccccc4C3=O)c2cn1. The van der Waals surface area contributed by atoms with Crippen LogP contribution in [-0.2, 0) is 0 Å². The molecule has 2 aromatic heterocycles. The topological polar surface area (TPSA) is 75.2 Å². The Kier molecular flexibility index (Phi) is 3.23. The summed E-state index contributed by atoms with van der Waals surface area (Å²) in [5.41, 5.74) is 0.803. The zero-order chi connectivity index (χ0) is 16.7. The van der Waals surface area contributed by atoms with Crippen LogP contribution in [0.4, 0.5) is 11.6 Å². The van der Waals surface area contributed by atoms with Gasteiger partial charge in [-0.15, -0.1) is 0 Å².